The second-order valence-corrected chi connectivity index (χ2v) is 5.96. The Balaban J connectivity index is 2.52. The molecule has 0 radical (unpaired) electrons. The Kier molecular flexibility index (Phi) is 7.50. The van der Waals surface area contributed by atoms with E-state index in [1.807, 2.05) is 37.3 Å². The molecule has 0 aromatic heterocycles. The van der Waals surface area contributed by atoms with Crippen molar-refractivity contribution in [1.82, 2.24) is 0 Å². The second-order valence-electron chi connectivity index (χ2n) is 4.43. The topological polar surface area (TPSA) is 29.5 Å². The van der Waals surface area contributed by atoms with E-state index in [1.54, 1.807) is 0 Å². The largest absolute Gasteiger partial charge is 0.359 e. The number of ether oxygens (including phenoxy) is 1. The van der Waals surface area contributed by atoms with Gasteiger partial charge in [0.15, 0.2) is 0 Å². The highest BCUT2D eigenvalue weighted by Gasteiger charge is 2.28. The lowest BCUT2D eigenvalue weighted by atomic mass is 10.2. The summed E-state index contributed by atoms with van der Waals surface area (Å²) < 4.78 is 5.59. The maximum absolute atomic E-state index is 10.6. The predicted octanol–water partition coefficient (Wildman–Crippen LogP) is 4.08. The number of benzene rings is 1. The smallest absolute Gasteiger partial charge is 0.208 e. The summed E-state index contributed by atoms with van der Waals surface area (Å²) in [5.74, 6) is 0. The van der Waals surface area contributed by atoms with Crippen LogP contribution in [0.3, 0.4) is 0 Å². The third-order valence-corrected chi connectivity index (χ3v) is 4.43. The lowest BCUT2D eigenvalue weighted by Crippen LogP contribution is -2.24. The first-order chi connectivity index (χ1) is 8.73. The fraction of sp³-hybridized carbons (Fsp3) is 0.600. The molecule has 0 aliphatic heterocycles. The van der Waals surface area contributed by atoms with Gasteiger partial charge in [0.1, 0.15) is 0 Å². The summed E-state index contributed by atoms with van der Waals surface area (Å²) in [6.45, 7) is 4.67. The van der Waals surface area contributed by atoms with Gasteiger partial charge >= 0.3 is 0 Å². The van der Waals surface area contributed by atoms with Crippen LogP contribution in [0.25, 0.3) is 0 Å². The van der Waals surface area contributed by atoms with E-state index < -0.39 is 5.53 Å². The summed E-state index contributed by atoms with van der Waals surface area (Å²) in [7, 11) is 0.405. The van der Waals surface area contributed by atoms with Crippen molar-refractivity contribution in [3.05, 3.63) is 35.9 Å². The molecular formula is C15H25O2P. The van der Waals surface area contributed by atoms with Gasteiger partial charge in [-0.3, -0.25) is 0 Å². The first-order valence-corrected chi connectivity index (χ1v) is 8.10. The molecule has 0 saturated heterocycles. The van der Waals surface area contributed by atoms with Crippen LogP contribution < -0.4 is 0 Å². The number of rotatable bonds is 9. The van der Waals surface area contributed by atoms with Crippen molar-refractivity contribution in [3.8, 4) is 0 Å². The highest BCUT2D eigenvalue weighted by Crippen LogP contribution is 2.40. The Morgan fingerprint density at radius 3 is 2.44 bits per heavy atom. The maximum Gasteiger partial charge on any atom is 0.208 e. The summed E-state index contributed by atoms with van der Waals surface area (Å²) in [4.78, 5) is 0. The van der Waals surface area contributed by atoms with Crippen LogP contribution in [0, 0.1) is 0 Å². The molecule has 18 heavy (non-hydrogen) atoms. The van der Waals surface area contributed by atoms with E-state index >= 15 is 0 Å². The van der Waals surface area contributed by atoms with Gasteiger partial charge in [-0.25, -0.2) is 0 Å². The molecule has 1 aromatic rings. The van der Waals surface area contributed by atoms with Gasteiger partial charge in [-0.15, -0.1) is 0 Å². The van der Waals surface area contributed by atoms with Crippen LogP contribution >= 0.6 is 8.58 Å². The summed E-state index contributed by atoms with van der Waals surface area (Å²) in [5.41, 5.74) is -0.206. The van der Waals surface area contributed by atoms with Crippen LogP contribution in [0.4, 0.5) is 0 Å². The van der Waals surface area contributed by atoms with Crippen molar-refractivity contribution < 1.29 is 9.84 Å². The molecule has 1 rings (SSSR count). The normalized spacial score (nSPS) is 15.1. The third-order valence-electron chi connectivity index (χ3n) is 2.91. The van der Waals surface area contributed by atoms with Gasteiger partial charge in [-0.2, -0.15) is 0 Å². The van der Waals surface area contributed by atoms with Crippen LogP contribution in [-0.4, -0.2) is 17.9 Å². The first kappa shape index (κ1) is 15.6. The van der Waals surface area contributed by atoms with E-state index in [0.29, 0.717) is 15.2 Å². The molecule has 3 heteroatoms. The summed E-state index contributed by atoms with van der Waals surface area (Å²) >= 11 is 0. The van der Waals surface area contributed by atoms with Gasteiger partial charge in [0, 0.05) is 12.2 Å². The molecule has 0 aliphatic rings. The van der Waals surface area contributed by atoms with Crippen LogP contribution in [0.15, 0.2) is 30.3 Å². The Morgan fingerprint density at radius 2 is 1.83 bits per heavy atom. The van der Waals surface area contributed by atoms with Crippen molar-refractivity contribution in [2.45, 2.75) is 45.1 Å². The molecule has 1 N–H and O–H groups in total. The van der Waals surface area contributed by atoms with Crippen molar-refractivity contribution in [2.75, 3.05) is 12.8 Å². The zero-order valence-corrected chi connectivity index (χ0v) is 12.5. The standard InChI is InChI=1S/C15H25O2P/c1-3-5-6-10-13-18-15(16,17-4-2)14-11-8-7-9-12-14/h7-9,11-12,16,18H,3-6,10,13H2,1-2H3. The lowest BCUT2D eigenvalue weighted by Gasteiger charge is -2.28. The number of hydrogen-bond donors (Lipinski definition) is 1. The van der Waals surface area contributed by atoms with Gasteiger partial charge in [0.2, 0.25) is 5.53 Å². The molecule has 0 fully saturated rings. The molecule has 2 unspecified atom stereocenters. The average Bonchev–Trinajstić information content (AvgIpc) is 2.40. The molecular weight excluding hydrogens is 243 g/mol. The first-order valence-electron chi connectivity index (χ1n) is 6.89. The van der Waals surface area contributed by atoms with E-state index in [0.717, 1.165) is 11.7 Å². The molecule has 0 aliphatic carbocycles. The van der Waals surface area contributed by atoms with Crippen molar-refractivity contribution in [2.24, 2.45) is 0 Å². The molecule has 0 amide bonds. The fourth-order valence-electron chi connectivity index (χ4n) is 1.92. The van der Waals surface area contributed by atoms with E-state index in [1.165, 1.54) is 25.7 Å². The SMILES string of the molecule is CCCCCCPC(O)(OCC)c1ccccc1. The van der Waals surface area contributed by atoms with Crippen LogP contribution in [0.1, 0.15) is 45.1 Å². The summed E-state index contributed by atoms with van der Waals surface area (Å²) in [5, 5.41) is 10.6. The Bertz CT molecular complexity index is 316. The van der Waals surface area contributed by atoms with Gasteiger partial charge in [-0.05, 0) is 19.5 Å². The predicted molar refractivity (Wildman–Crippen MR) is 79.3 cm³/mol. The van der Waals surface area contributed by atoms with E-state index in [9.17, 15) is 5.11 Å². The molecule has 2 nitrogen and oxygen atoms in total. The average molecular weight is 268 g/mol. The van der Waals surface area contributed by atoms with Crippen molar-refractivity contribution >= 4 is 8.58 Å². The van der Waals surface area contributed by atoms with Crippen molar-refractivity contribution in [3.63, 3.8) is 0 Å². The second kappa shape index (κ2) is 8.63. The molecule has 0 spiro atoms. The zero-order chi connectivity index (χ0) is 13.3. The number of unbranched alkanes of at least 4 members (excludes halogenated alkanes) is 3. The monoisotopic (exact) mass is 268 g/mol. The van der Waals surface area contributed by atoms with Crippen LogP contribution in [-0.2, 0) is 10.3 Å². The molecule has 0 saturated carbocycles. The zero-order valence-electron chi connectivity index (χ0n) is 11.5. The Morgan fingerprint density at radius 1 is 1.11 bits per heavy atom. The van der Waals surface area contributed by atoms with E-state index in [4.69, 9.17) is 4.74 Å². The molecule has 102 valence electrons. The lowest BCUT2D eigenvalue weighted by molar-refractivity contribution is -0.136. The highest BCUT2D eigenvalue weighted by molar-refractivity contribution is 7.38. The quantitative estimate of drug-likeness (QED) is 0.415. The van der Waals surface area contributed by atoms with E-state index in [2.05, 4.69) is 6.92 Å². The number of aliphatic hydroxyl groups is 1. The minimum atomic E-state index is -1.08. The third kappa shape index (κ3) is 5.06. The van der Waals surface area contributed by atoms with Gasteiger partial charge < -0.3 is 9.84 Å². The van der Waals surface area contributed by atoms with Gasteiger partial charge in [0.05, 0.1) is 0 Å². The minimum absolute atomic E-state index is 0.405. The maximum atomic E-state index is 10.6. The molecule has 0 heterocycles. The highest BCUT2D eigenvalue weighted by atomic mass is 31.1. The minimum Gasteiger partial charge on any atom is -0.359 e. The van der Waals surface area contributed by atoms with Crippen molar-refractivity contribution in [1.29, 1.82) is 0 Å². The van der Waals surface area contributed by atoms with Crippen LogP contribution in [0.5, 0.6) is 0 Å². The van der Waals surface area contributed by atoms with Gasteiger partial charge in [0.25, 0.3) is 0 Å². The molecule has 0 bridgehead atoms. The van der Waals surface area contributed by atoms with Gasteiger partial charge in [-0.1, -0.05) is 65.1 Å². The molecule has 2 atom stereocenters. The summed E-state index contributed by atoms with van der Waals surface area (Å²) in [6, 6.07) is 9.73. The fourth-order valence-corrected chi connectivity index (χ4v) is 3.30. The van der Waals surface area contributed by atoms with E-state index in [-0.39, 0.29) is 0 Å². The number of hydrogen-bond acceptors (Lipinski definition) is 2. The summed E-state index contributed by atoms with van der Waals surface area (Å²) in [6.07, 6.45) is 5.99. The Hall–Kier alpha value is -0.430. The Labute approximate surface area is 113 Å². The van der Waals surface area contributed by atoms with Crippen LogP contribution in [0.2, 0.25) is 0 Å². The molecule has 1 aromatic carbocycles.